The van der Waals surface area contributed by atoms with Gasteiger partial charge in [-0.15, -0.1) is 0 Å². The quantitative estimate of drug-likeness (QED) is 0.720. The van der Waals surface area contributed by atoms with E-state index < -0.39 is 0 Å². The lowest BCUT2D eigenvalue weighted by Crippen LogP contribution is -1.93. The summed E-state index contributed by atoms with van der Waals surface area (Å²) in [6.45, 7) is 2.91. The van der Waals surface area contributed by atoms with Crippen LogP contribution in [-0.2, 0) is 6.54 Å². The summed E-state index contributed by atoms with van der Waals surface area (Å²) >= 11 is 0. The minimum atomic E-state index is 0.634. The Morgan fingerprint density at radius 1 is 1.26 bits per heavy atom. The molecular formula is C15H15N3O. The molecular weight excluding hydrogens is 238 g/mol. The Morgan fingerprint density at radius 2 is 2.11 bits per heavy atom. The van der Waals surface area contributed by atoms with Crippen LogP contribution in [0.3, 0.4) is 0 Å². The standard InChI is InChI=1S/C15H15N3O/c1-3-18-10-12(9-16-18)13-8-11-6-4-5-7-14(11)17-15(13)19-2/h4-10H,3H2,1-2H3. The molecule has 3 aromatic rings. The molecule has 0 saturated carbocycles. The average molecular weight is 253 g/mol. The van der Waals surface area contributed by atoms with Crippen LogP contribution in [-0.4, -0.2) is 21.9 Å². The predicted octanol–water partition coefficient (Wildman–Crippen LogP) is 3.13. The van der Waals surface area contributed by atoms with Crippen LogP contribution >= 0.6 is 0 Å². The Morgan fingerprint density at radius 3 is 2.84 bits per heavy atom. The minimum Gasteiger partial charge on any atom is -0.481 e. The van der Waals surface area contributed by atoms with Crippen molar-refractivity contribution in [2.24, 2.45) is 0 Å². The average Bonchev–Trinajstić information content (AvgIpc) is 2.94. The first-order valence-electron chi connectivity index (χ1n) is 6.28. The van der Waals surface area contributed by atoms with Gasteiger partial charge in [0.05, 0.1) is 18.8 Å². The van der Waals surface area contributed by atoms with Crippen molar-refractivity contribution in [3.8, 4) is 17.0 Å². The minimum absolute atomic E-state index is 0.634. The van der Waals surface area contributed by atoms with E-state index in [-0.39, 0.29) is 0 Å². The molecule has 0 saturated heterocycles. The molecule has 0 radical (unpaired) electrons. The molecule has 0 amide bonds. The summed E-state index contributed by atoms with van der Waals surface area (Å²) in [5, 5.41) is 5.40. The van der Waals surface area contributed by atoms with Gasteiger partial charge in [-0.25, -0.2) is 4.98 Å². The third-order valence-corrected chi connectivity index (χ3v) is 3.15. The summed E-state index contributed by atoms with van der Waals surface area (Å²) in [7, 11) is 1.64. The summed E-state index contributed by atoms with van der Waals surface area (Å²) in [4.78, 5) is 4.55. The molecule has 0 N–H and O–H groups in total. The molecule has 0 unspecified atom stereocenters. The van der Waals surface area contributed by atoms with Crippen molar-refractivity contribution in [1.29, 1.82) is 0 Å². The van der Waals surface area contributed by atoms with Gasteiger partial charge in [0.1, 0.15) is 0 Å². The highest BCUT2D eigenvalue weighted by Crippen LogP contribution is 2.31. The molecule has 1 aromatic carbocycles. The van der Waals surface area contributed by atoms with Crippen LogP contribution < -0.4 is 4.74 Å². The SMILES string of the molecule is CCn1cc(-c2cc3ccccc3nc2OC)cn1. The molecule has 3 rings (SSSR count). The highest BCUT2D eigenvalue weighted by Gasteiger charge is 2.11. The van der Waals surface area contributed by atoms with Crippen LogP contribution in [0.4, 0.5) is 0 Å². The summed E-state index contributed by atoms with van der Waals surface area (Å²) in [5.41, 5.74) is 2.93. The fourth-order valence-electron chi connectivity index (χ4n) is 2.14. The van der Waals surface area contributed by atoms with Crippen molar-refractivity contribution < 1.29 is 4.74 Å². The number of aryl methyl sites for hydroxylation is 1. The zero-order chi connectivity index (χ0) is 13.2. The molecule has 4 nitrogen and oxygen atoms in total. The van der Waals surface area contributed by atoms with Crippen LogP contribution in [0, 0.1) is 0 Å². The number of fused-ring (bicyclic) bond motifs is 1. The maximum absolute atomic E-state index is 5.40. The zero-order valence-corrected chi connectivity index (χ0v) is 11.0. The molecule has 2 aromatic heterocycles. The van der Waals surface area contributed by atoms with Crippen LogP contribution in [0.15, 0.2) is 42.7 Å². The molecule has 4 heteroatoms. The number of methoxy groups -OCH3 is 1. The number of para-hydroxylation sites is 1. The van der Waals surface area contributed by atoms with Crippen LogP contribution in [0.1, 0.15) is 6.92 Å². The van der Waals surface area contributed by atoms with E-state index in [9.17, 15) is 0 Å². The Hall–Kier alpha value is -2.36. The summed E-state index contributed by atoms with van der Waals surface area (Å²) in [6.07, 6.45) is 3.85. The predicted molar refractivity (Wildman–Crippen MR) is 75.2 cm³/mol. The monoisotopic (exact) mass is 253 g/mol. The maximum Gasteiger partial charge on any atom is 0.221 e. The van der Waals surface area contributed by atoms with Crippen LogP contribution in [0.25, 0.3) is 22.0 Å². The lowest BCUT2D eigenvalue weighted by Gasteiger charge is -2.07. The second kappa shape index (κ2) is 4.72. The number of pyridine rings is 1. The van der Waals surface area contributed by atoms with Crippen molar-refractivity contribution >= 4 is 10.9 Å². The number of benzene rings is 1. The molecule has 0 spiro atoms. The fourth-order valence-corrected chi connectivity index (χ4v) is 2.14. The van der Waals surface area contributed by atoms with Crippen molar-refractivity contribution in [3.63, 3.8) is 0 Å². The van der Waals surface area contributed by atoms with Crippen LogP contribution in [0.5, 0.6) is 5.88 Å². The first-order chi connectivity index (χ1) is 9.31. The molecule has 0 aliphatic rings. The molecule has 0 fully saturated rings. The number of hydrogen-bond donors (Lipinski definition) is 0. The van der Waals surface area contributed by atoms with Crippen molar-refractivity contribution in [2.75, 3.05) is 7.11 Å². The van der Waals surface area contributed by atoms with E-state index >= 15 is 0 Å². The van der Waals surface area contributed by atoms with Gasteiger partial charge in [0.2, 0.25) is 5.88 Å². The van der Waals surface area contributed by atoms with Gasteiger partial charge in [-0.3, -0.25) is 4.68 Å². The Bertz CT molecular complexity index is 718. The summed E-state index contributed by atoms with van der Waals surface area (Å²) < 4.78 is 7.30. The van der Waals surface area contributed by atoms with Gasteiger partial charge < -0.3 is 4.74 Å². The number of nitrogens with zero attached hydrogens (tertiary/aromatic N) is 3. The van der Waals surface area contributed by atoms with E-state index in [4.69, 9.17) is 4.74 Å². The summed E-state index contributed by atoms with van der Waals surface area (Å²) in [5.74, 6) is 0.634. The third-order valence-electron chi connectivity index (χ3n) is 3.15. The molecule has 96 valence electrons. The van der Waals surface area contributed by atoms with Crippen molar-refractivity contribution in [3.05, 3.63) is 42.7 Å². The first kappa shape index (κ1) is 11.7. The highest BCUT2D eigenvalue weighted by atomic mass is 16.5. The zero-order valence-electron chi connectivity index (χ0n) is 11.0. The number of rotatable bonds is 3. The normalized spacial score (nSPS) is 10.8. The van der Waals surface area contributed by atoms with Gasteiger partial charge in [-0.2, -0.15) is 5.10 Å². The topological polar surface area (TPSA) is 39.9 Å². The number of ether oxygens (including phenoxy) is 1. The number of hydrogen-bond acceptors (Lipinski definition) is 3. The van der Waals surface area contributed by atoms with Gasteiger partial charge >= 0.3 is 0 Å². The second-order valence-electron chi connectivity index (χ2n) is 4.32. The molecule has 0 aliphatic carbocycles. The lowest BCUT2D eigenvalue weighted by atomic mass is 10.1. The fraction of sp³-hybridized carbons (Fsp3) is 0.200. The van der Waals surface area contributed by atoms with Crippen molar-refractivity contribution in [2.45, 2.75) is 13.5 Å². The maximum atomic E-state index is 5.40. The van der Waals surface area contributed by atoms with Gasteiger partial charge in [0.25, 0.3) is 0 Å². The van der Waals surface area contributed by atoms with Gasteiger partial charge in [-0.1, -0.05) is 18.2 Å². The molecule has 0 atom stereocenters. The summed E-state index contributed by atoms with van der Waals surface area (Å²) in [6, 6.07) is 10.1. The number of aromatic nitrogens is 3. The second-order valence-corrected chi connectivity index (χ2v) is 4.32. The van der Waals surface area contributed by atoms with E-state index in [0.29, 0.717) is 5.88 Å². The Balaban J connectivity index is 2.20. The van der Waals surface area contributed by atoms with E-state index in [2.05, 4.69) is 29.1 Å². The molecule has 0 bridgehead atoms. The van der Waals surface area contributed by atoms with E-state index in [1.54, 1.807) is 7.11 Å². The highest BCUT2D eigenvalue weighted by molar-refractivity contribution is 5.85. The van der Waals surface area contributed by atoms with Gasteiger partial charge in [-0.05, 0) is 19.1 Å². The third kappa shape index (κ3) is 2.05. The first-order valence-corrected chi connectivity index (χ1v) is 6.28. The van der Waals surface area contributed by atoms with E-state index in [1.807, 2.05) is 35.3 Å². The van der Waals surface area contributed by atoms with Gasteiger partial charge in [0, 0.05) is 29.3 Å². The largest absolute Gasteiger partial charge is 0.481 e. The van der Waals surface area contributed by atoms with Crippen LogP contribution in [0.2, 0.25) is 0 Å². The van der Waals surface area contributed by atoms with E-state index in [1.165, 1.54) is 0 Å². The van der Waals surface area contributed by atoms with E-state index in [0.717, 1.165) is 28.6 Å². The molecule has 0 aliphatic heterocycles. The smallest absolute Gasteiger partial charge is 0.221 e. The Kier molecular flexibility index (Phi) is 2.91. The Labute approximate surface area is 111 Å². The molecule has 2 heterocycles. The molecule has 19 heavy (non-hydrogen) atoms. The van der Waals surface area contributed by atoms with Gasteiger partial charge in [0.15, 0.2) is 0 Å². The van der Waals surface area contributed by atoms with Crippen molar-refractivity contribution in [1.82, 2.24) is 14.8 Å². The lowest BCUT2D eigenvalue weighted by molar-refractivity contribution is 0.401.